The van der Waals surface area contributed by atoms with Crippen molar-refractivity contribution in [3.8, 4) is 0 Å². The predicted octanol–water partition coefficient (Wildman–Crippen LogP) is 1.34. The average Bonchev–Trinajstić information content (AvgIpc) is 2.43. The summed E-state index contributed by atoms with van der Waals surface area (Å²) >= 11 is 0. The Bertz CT molecular complexity index is 443. The molecule has 0 unspecified atom stereocenters. The molecule has 0 amide bonds. The monoisotopic (exact) mass is 175 g/mol. The average molecular weight is 175 g/mol. The van der Waals surface area contributed by atoms with Gasteiger partial charge in [0, 0.05) is 19.0 Å². The van der Waals surface area contributed by atoms with Crippen molar-refractivity contribution in [2.24, 2.45) is 12.8 Å². The van der Waals surface area contributed by atoms with Crippen molar-refractivity contribution in [1.82, 2.24) is 9.78 Å². The largest absolute Gasteiger partial charge is 0.326 e. The second-order valence-electron chi connectivity index (χ2n) is 3.23. The van der Waals surface area contributed by atoms with Gasteiger partial charge in [0.05, 0.1) is 11.2 Å². The molecule has 3 heteroatoms. The van der Waals surface area contributed by atoms with Crippen molar-refractivity contribution >= 4 is 10.9 Å². The summed E-state index contributed by atoms with van der Waals surface area (Å²) in [4.78, 5) is 0. The van der Waals surface area contributed by atoms with Crippen LogP contribution in [0.5, 0.6) is 0 Å². The lowest BCUT2D eigenvalue weighted by Crippen LogP contribution is -2.00. The summed E-state index contributed by atoms with van der Waals surface area (Å²) in [5.41, 5.74) is 9.02. The highest BCUT2D eigenvalue weighted by molar-refractivity contribution is 5.84. The molecule has 1 aromatic heterocycles. The first kappa shape index (κ1) is 8.26. The van der Waals surface area contributed by atoms with Gasteiger partial charge in [0.15, 0.2) is 0 Å². The van der Waals surface area contributed by atoms with E-state index in [1.54, 1.807) is 0 Å². The van der Waals surface area contributed by atoms with Crippen LogP contribution in [-0.4, -0.2) is 9.78 Å². The van der Waals surface area contributed by atoms with E-state index >= 15 is 0 Å². The number of hydrogen-bond acceptors (Lipinski definition) is 2. The Morgan fingerprint density at radius 3 is 2.92 bits per heavy atom. The normalized spacial score (nSPS) is 11.0. The van der Waals surface area contributed by atoms with E-state index in [0.29, 0.717) is 6.54 Å². The number of benzene rings is 1. The van der Waals surface area contributed by atoms with Crippen LogP contribution in [0.3, 0.4) is 0 Å². The van der Waals surface area contributed by atoms with E-state index in [1.165, 1.54) is 5.39 Å². The minimum absolute atomic E-state index is 0.566. The Morgan fingerprint density at radius 2 is 2.23 bits per heavy atom. The molecule has 0 aliphatic carbocycles. The van der Waals surface area contributed by atoms with Gasteiger partial charge < -0.3 is 5.73 Å². The van der Waals surface area contributed by atoms with Crippen molar-refractivity contribution in [3.05, 3.63) is 29.5 Å². The number of fused-ring (bicyclic) bond motifs is 1. The van der Waals surface area contributed by atoms with E-state index < -0.39 is 0 Å². The quantitative estimate of drug-likeness (QED) is 0.710. The van der Waals surface area contributed by atoms with Crippen LogP contribution in [-0.2, 0) is 13.6 Å². The Kier molecular flexibility index (Phi) is 1.81. The topological polar surface area (TPSA) is 43.8 Å². The third-order valence-corrected chi connectivity index (χ3v) is 2.35. The summed E-state index contributed by atoms with van der Waals surface area (Å²) in [6.45, 7) is 2.58. The molecule has 1 heterocycles. The van der Waals surface area contributed by atoms with Gasteiger partial charge in [-0.05, 0) is 12.5 Å². The van der Waals surface area contributed by atoms with Crippen molar-refractivity contribution in [2.75, 3.05) is 0 Å². The van der Waals surface area contributed by atoms with E-state index in [4.69, 9.17) is 5.73 Å². The molecular weight excluding hydrogens is 162 g/mol. The molecule has 0 radical (unpaired) electrons. The lowest BCUT2D eigenvalue weighted by atomic mass is 10.1. The van der Waals surface area contributed by atoms with Crippen molar-refractivity contribution in [3.63, 3.8) is 0 Å². The molecule has 2 N–H and O–H groups in total. The Balaban J connectivity index is 2.88. The van der Waals surface area contributed by atoms with Crippen molar-refractivity contribution in [2.45, 2.75) is 13.5 Å². The lowest BCUT2D eigenvalue weighted by Gasteiger charge is -2.00. The molecule has 68 valence electrons. The maximum atomic E-state index is 5.65. The molecule has 0 saturated carbocycles. The number of aryl methyl sites for hydroxylation is 2. The predicted molar refractivity (Wildman–Crippen MR) is 53.3 cm³/mol. The van der Waals surface area contributed by atoms with Crippen LogP contribution in [0.4, 0.5) is 0 Å². The van der Waals surface area contributed by atoms with Gasteiger partial charge in [-0.15, -0.1) is 0 Å². The van der Waals surface area contributed by atoms with Crippen LogP contribution < -0.4 is 5.73 Å². The summed E-state index contributed by atoms with van der Waals surface area (Å²) in [5, 5.41) is 5.56. The van der Waals surface area contributed by atoms with Crippen LogP contribution in [0.1, 0.15) is 11.3 Å². The zero-order valence-electron chi connectivity index (χ0n) is 7.91. The van der Waals surface area contributed by atoms with Gasteiger partial charge in [-0.3, -0.25) is 4.68 Å². The number of para-hydroxylation sites is 1. The number of nitrogens with two attached hydrogens (primary N) is 1. The van der Waals surface area contributed by atoms with E-state index in [-0.39, 0.29) is 0 Å². The minimum atomic E-state index is 0.566. The molecule has 2 rings (SSSR count). The summed E-state index contributed by atoms with van der Waals surface area (Å²) in [5.74, 6) is 0. The molecule has 3 nitrogen and oxygen atoms in total. The third kappa shape index (κ3) is 1.12. The molecular formula is C10H13N3. The van der Waals surface area contributed by atoms with Gasteiger partial charge in [0.2, 0.25) is 0 Å². The minimum Gasteiger partial charge on any atom is -0.326 e. The fourth-order valence-corrected chi connectivity index (χ4v) is 1.76. The molecule has 1 aromatic carbocycles. The number of rotatable bonds is 1. The summed E-state index contributed by atoms with van der Waals surface area (Å²) in [6.07, 6.45) is 0. The van der Waals surface area contributed by atoms with Crippen LogP contribution >= 0.6 is 0 Å². The molecule has 0 atom stereocenters. The maximum absolute atomic E-state index is 5.65. The highest BCUT2D eigenvalue weighted by Crippen LogP contribution is 2.20. The zero-order valence-corrected chi connectivity index (χ0v) is 7.91. The van der Waals surface area contributed by atoms with Crippen molar-refractivity contribution < 1.29 is 0 Å². The highest BCUT2D eigenvalue weighted by atomic mass is 15.3. The van der Waals surface area contributed by atoms with Gasteiger partial charge in [0.1, 0.15) is 0 Å². The molecule has 13 heavy (non-hydrogen) atoms. The third-order valence-electron chi connectivity index (χ3n) is 2.35. The van der Waals surface area contributed by atoms with Crippen molar-refractivity contribution in [1.29, 1.82) is 0 Å². The smallest absolute Gasteiger partial charge is 0.0726 e. The molecule has 0 fully saturated rings. The highest BCUT2D eigenvalue weighted by Gasteiger charge is 2.06. The van der Waals surface area contributed by atoms with Gasteiger partial charge in [-0.1, -0.05) is 18.2 Å². The second kappa shape index (κ2) is 2.85. The lowest BCUT2D eigenvalue weighted by molar-refractivity contribution is 0.778. The fraction of sp³-hybridized carbons (Fsp3) is 0.300. The van der Waals surface area contributed by atoms with Crippen LogP contribution in [0.15, 0.2) is 18.2 Å². The van der Waals surface area contributed by atoms with Gasteiger partial charge in [0.25, 0.3) is 0 Å². The zero-order chi connectivity index (χ0) is 9.42. The molecule has 2 aromatic rings. The summed E-state index contributed by atoms with van der Waals surface area (Å²) in [6, 6.07) is 6.15. The Labute approximate surface area is 77.2 Å². The number of hydrogen-bond donors (Lipinski definition) is 1. The molecule has 0 bridgehead atoms. The molecule has 0 saturated heterocycles. The number of aromatic nitrogens is 2. The molecule has 0 spiro atoms. The van der Waals surface area contributed by atoms with Gasteiger partial charge >= 0.3 is 0 Å². The fourth-order valence-electron chi connectivity index (χ4n) is 1.76. The van der Waals surface area contributed by atoms with Crippen LogP contribution in [0, 0.1) is 6.92 Å². The van der Waals surface area contributed by atoms with Gasteiger partial charge in [-0.25, -0.2) is 0 Å². The van der Waals surface area contributed by atoms with E-state index in [0.717, 1.165) is 16.8 Å². The van der Waals surface area contributed by atoms with E-state index in [9.17, 15) is 0 Å². The van der Waals surface area contributed by atoms with E-state index in [1.807, 2.05) is 30.8 Å². The maximum Gasteiger partial charge on any atom is 0.0726 e. The summed E-state index contributed by atoms with van der Waals surface area (Å²) in [7, 11) is 1.95. The SMILES string of the molecule is Cc1nn(C)c2c(CN)cccc12. The van der Waals surface area contributed by atoms with Gasteiger partial charge in [-0.2, -0.15) is 5.10 Å². The Hall–Kier alpha value is -1.35. The first-order chi connectivity index (χ1) is 6.24. The Morgan fingerprint density at radius 1 is 1.46 bits per heavy atom. The second-order valence-corrected chi connectivity index (χ2v) is 3.23. The van der Waals surface area contributed by atoms with E-state index in [2.05, 4.69) is 11.2 Å². The standard InChI is InChI=1S/C10H13N3/c1-7-9-5-3-4-8(6-11)10(9)13(2)12-7/h3-5H,6,11H2,1-2H3. The van der Waals surface area contributed by atoms with Crippen LogP contribution in [0.2, 0.25) is 0 Å². The molecule has 0 aliphatic heterocycles. The first-order valence-electron chi connectivity index (χ1n) is 4.35. The number of nitrogens with zero attached hydrogens (tertiary/aromatic N) is 2. The first-order valence-corrected chi connectivity index (χ1v) is 4.35. The summed E-state index contributed by atoms with van der Waals surface area (Å²) < 4.78 is 1.90. The van der Waals surface area contributed by atoms with Crippen LogP contribution in [0.25, 0.3) is 10.9 Å². The molecule has 0 aliphatic rings.